The van der Waals surface area contributed by atoms with Crippen LogP contribution < -0.4 is 26.4 Å². The number of nitrogens with zero attached hydrogens (tertiary/aromatic N) is 3. The summed E-state index contributed by atoms with van der Waals surface area (Å²) < 4.78 is 5.98. The molecular weight excluding hydrogens is 362 g/mol. The highest BCUT2D eigenvalue weighted by Gasteiger charge is 2.28. The summed E-state index contributed by atoms with van der Waals surface area (Å²) in [6.07, 6.45) is 4.54. The number of nitrogens with one attached hydrogen (secondary N) is 3. The van der Waals surface area contributed by atoms with Gasteiger partial charge in [0.05, 0.1) is 16.8 Å². The predicted molar refractivity (Wildman–Crippen MR) is 101 cm³/mol. The maximum atomic E-state index is 12.3. The van der Waals surface area contributed by atoms with Gasteiger partial charge in [-0.15, -0.1) is 0 Å². The van der Waals surface area contributed by atoms with Gasteiger partial charge in [-0.05, 0) is 18.2 Å². The molecule has 3 aromatic rings. The van der Waals surface area contributed by atoms with Gasteiger partial charge in [0.2, 0.25) is 5.95 Å². The maximum absolute atomic E-state index is 12.3. The number of carbonyl (C=O) groups is 2. The number of para-hydroxylation sites is 1. The Kier molecular flexibility index (Phi) is 4.20. The Balaban J connectivity index is 1.85. The van der Waals surface area contributed by atoms with Crippen LogP contribution in [0.25, 0.3) is 0 Å². The number of anilines is 4. The largest absolute Gasteiger partial charge is 0.449 e. The molecule has 0 saturated carbocycles. The van der Waals surface area contributed by atoms with Crippen molar-refractivity contribution >= 4 is 35.0 Å². The van der Waals surface area contributed by atoms with Crippen molar-refractivity contribution in [2.45, 2.75) is 0 Å². The van der Waals surface area contributed by atoms with E-state index in [0.29, 0.717) is 28.9 Å². The summed E-state index contributed by atoms with van der Waals surface area (Å²) in [4.78, 5) is 36.6. The standard InChI is InChI=1S/C18H15N7O3/c1-20-17(27)10-8-23-16(25-18-21-6-3-7-22-18)14-13(10)24-12-9(15(19)26)4-2-5-11(12)28-14/h2-8,24H,1H3,(H2,19,26)(H,20,27)(H,21,22,23,25). The number of primary amides is 1. The molecule has 0 unspecified atom stereocenters. The van der Waals surface area contributed by atoms with Crippen LogP contribution in [0.4, 0.5) is 23.1 Å². The van der Waals surface area contributed by atoms with Crippen molar-refractivity contribution in [2.24, 2.45) is 5.73 Å². The summed E-state index contributed by atoms with van der Waals surface area (Å²) in [7, 11) is 1.51. The zero-order valence-electron chi connectivity index (χ0n) is 14.7. The van der Waals surface area contributed by atoms with E-state index in [-0.39, 0.29) is 22.8 Å². The smallest absolute Gasteiger partial charge is 0.254 e. The van der Waals surface area contributed by atoms with Gasteiger partial charge in [0.25, 0.3) is 11.8 Å². The van der Waals surface area contributed by atoms with Crippen molar-refractivity contribution in [1.82, 2.24) is 20.3 Å². The van der Waals surface area contributed by atoms with Crippen LogP contribution in [0.3, 0.4) is 0 Å². The molecule has 0 fully saturated rings. The van der Waals surface area contributed by atoms with Crippen molar-refractivity contribution < 1.29 is 14.3 Å². The highest BCUT2D eigenvalue weighted by Crippen LogP contribution is 2.48. The van der Waals surface area contributed by atoms with Crippen molar-refractivity contribution in [1.29, 1.82) is 0 Å². The maximum Gasteiger partial charge on any atom is 0.254 e. The number of nitrogens with two attached hydrogens (primary N) is 1. The third kappa shape index (κ3) is 2.92. The molecule has 10 nitrogen and oxygen atoms in total. The molecule has 4 rings (SSSR count). The molecule has 0 aliphatic carbocycles. The van der Waals surface area contributed by atoms with Crippen molar-refractivity contribution in [2.75, 3.05) is 17.7 Å². The number of carbonyl (C=O) groups excluding carboxylic acids is 2. The molecule has 0 atom stereocenters. The summed E-state index contributed by atoms with van der Waals surface area (Å²) in [5, 5.41) is 8.61. The van der Waals surface area contributed by atoms with Crippen LogP contribution in [0.5, 0.6) is 11.5 Å². The summed E-state index contributed by atoms with van der Waals surface area (Å²) in [6, 6.07) is 6.57. The fourth-order valence-electron chi connectivity index (χ4n) is 2.77. The van der Waals surface area contributed by atoms with Crippen LogP contribution in [0.1, 0.15) is 20.7 Å². The van der Waals surface area contributed by atoms with E-state index < -0.39 is 5.91 Å². The molecule has 1 aromatic carbocycles. The molecule has 0 bridgehead atoms. The highest BCUT2D eigenvalue weighted by atomic mass is 16.5. The minimum absolute atomic E-state index is 0.238. The summed E-state index contributed by atoms with van der Waals surface area (Å²) in [6.45, 7) is 0. The second-order valence-electron chi connectivity index (χ2n) is 5.77. The van der Waals surface area contributed by atoms with Gasteiger partial charge in [0.1, 0.15) is 5.69 Å². The van der Waals surface area contributed by atoms with Crippen LogP contribution in [0, 0.1) is 0 Å². The van der Waals surface area contributed by atoms with E-state index in [1.165, 1.54) is 13.2 Å². The van der Waals surface area contributed by atoms with Crippen LogP contribution in [0.2, 0.25) is 0 Å². The molecule has 140 valence electrons. The van der Waals surface area contributed by atoms with Gasteiger partial charge in [-0.2, -0.15) is 0 Å². The van der Waals surface area contributed by atoms with E-state index in [2.05, 4.69) is 30.9 Å². The first-order valence-corrected chi connectivity index (χ1v) is 8.25. The van der Waals surface area contributed by atoms with Crippen LogP contribution >= 0.6 is 0 Å². The zero-order chi connectivity index (χ0) is 19.7. The van der Waals surface area contributed by atoms with Crippen LogP contribution in [-0.2, 0) is 0 Å². The molecule has 0 spiro atoms. The minimum atomic E-state index is -0.622. The van der Waals surface area contributed by atoms with Gasteiger partial charge in [-0.3, -0.25) is 9.59 Å². The fourth-order valence-corrected chi connectivity index (χ4v) is 2.77. The number of rotatable bonds is 4. The lowest BCUT2D eigenvalue weighted by Crippen LogP contribution is -2.22. The number of hydrogen-bond donors (Lipinski definition) is 4. The number of hydrogen-bond acceptors (Lipinski definition) is 8. The monoisotopic (exact) mass is 377 g/mol. The van der Waals surface area contributed by atoms with Crippen molar-refractivity contribution in [3.05, 3.63) is 54.0 Å². The Morgan fingerprint density at radius 1 is 1.07 bits per heavy atom. The summed E-state index contributed by atoms with van der Waals surface area (Å²) in [5.74, 6) is 0.256. The van der Waals surface area contributed by atoms with E-state index in [1.807, 2.05) is 0 Å². The lowest BCUT2D eigenvalue weighted by molar-refractivity contribution is 0.0962. The normalized spacial score (nSPS) is 11.3. The summed E-state index contributed by atoms with van der Waals surface area (Å²) in [5.41, 5.74) is 6.65. The van der Waals surface area contributed by atoms with Gasteiger partial charge in [0.15, 0.2) is 17.3 Å². The first kappa shape index (κ1) is 17.2. The van der Waals surface area contributed by atoms with Gasteiger partial charge in [-0.1, -0.05) is 6.07 Å². The fraction of sp³-hybridized carbons (Fsp3) is 0.0556. The predicted octanol–water partition coefficient (Wildman–Crippen LogP) is 1.92. The Morgan fingerprint density at radius 3 is 2.57 bits per heavy atom. The SMILES string of the molecule is CNC(=O)c1cnc(Nc2ncccn2)c2c1Nc1c(cccc1C(N)=O)O2. The minimum Gasteiger partial charge on any atom is -0.449 e. The molecule has 5 N–H and O–H groups in total. The molecule has 1 aliphatic rings. The Labute approximate surface area is 159 Å². The first-order chi connectivity index (χ1) is 13.6. The molecule has 0 radical (unpaired) electrons. The third-order valence-corrected chi connectivity index (χ3v) is 4.06. The van der Waals surface area contributed by atoms with E-state index in [4.69, 9.17) is 10.5 Å². The molecule has 2 amide bonds. The van der Waals surface area contributed by atoms with Crippen molar-refractivity contribution in [3.8, 4) is 11.5 Å². The molecule has 2 aromatic heterocycles. The number of benzene rings is 1. The van der Waals surface area contributed by atoms with Gasteiger partial charge < -0.3 is 26.4 Å². The molecule has 1 aliphatic heterocycles. The lowest BCUT2D eigenvalue weighted by Gasteiger charge is -2.26. The topological polar surface area (TPSA) is 144 Å². The van der Waals surface area contributed by atoms with E-state index in [9.17, 15) is 9.59 Å². The van der Waals surface area contributed by atoms with Gasteiger partial charge in [-0.25, -0.2) is 15.0 Å². The molecule has 28 heavy (non-hydrogen) atoms. The number of fused-ring (bicyclic) bond motifs is 2. The number of pyridine rings is 1. The Bertz CT molecular complexity index is 1090. The number of aromatic nitrogens is 3. The molecule has 10 heteroatoms. The number of ether oxygens (including phenoxy) is 1. The molecule has 3 heterocycles. The number of amides is 2. The highest BCUT2D eigenvalue weighted by molar-refractivity contribution is 6.06. The first-order valence-electron chi connectivity index (χ1n) is 8.25. The third-order valence-electron chi connectivity index (χ3n) is 4.06. The van der Waals surface area contributed by atoms with Crippen LogP contribution in [0.15, 0.2) is 42.9 Å². The summed E-state index contributed by atoms with van der Waals surface area (Å²) >= 11 is 0. The average molecular weight is 377 g/mol. The van der Waals surface area contributed by atoms with E-state index >= 15 is 0 Å². The van der Waals surface area contributed by atoms with Crippen molar-refractivity contribution in [3.63, 3.8) is 0 Å². The van der Waals surface area contributed by atoms with Gasteiger partial charge >= 0.3 is 0 Å². The molecule has 0 saturated heterocycles. The van der Waals surface area contributed by atoms with Gasteiger partial charge in [0, 0.05) is 25.6 Å². The zero-order valence-corrected chi connectivity index (χ0v) is 14.7. The van der Waals surface area contributed by atoms with E-state index in [0.717, 1.165) is 0 Å². The second-order valence-corrected chi connectivity index (χ2v) is 5.77. The quantitative estimate of drug-likeness (QED) is 0.422. The Hall–Kier alpha value is -4.21. The molecular formula is C18H15N7O3. The average Bonchev–Trinajstić information content (AvgIpc) is 2.72. The van der Waals surface area contributed by atoms with E-state index in [1.54, 1.807) is 36.7 Å². The van der Waals surface area contributed by atoms with Crippen LogP contribution in [-0.4, -0.2) is 33.8 Å². The second kappa shape index (κ2) is 6.83. The lowest BCUT2D eigenvalue weighted by atomic mass is 10.1. The Morgan fingerprint density at radius 2 is 1.86 bits per heavy atom.